The van der Waals surface area contributed by atoms with E-state index < -0.39 is 0 Å². The quantitative estimate of drug-likeness (QED) is 0.923. The molecule has 0 aliphatic rings. The predicted molar refractivity (Wildman–Crippen MR) is 72.3 cm³/mol. The molecule has 2 rings (SSSR count). The lowest BCUT2D eigenvalue weighted by atomic mass is 10.1. The van der Waals surface area contributed by atoms with Crippen LogP contribution in [-0.2, 0) is 13.2 Å². The van der Waals surface area contributed by atoms with Crippen molar-refractivity contribution in [3.63, 3.8) is 0 Å². The van der Waals surface area contributed by atoms with Gasteiger partial charge in [0.05, 0.1) is 0 Å². The van der Waals surface area contributed by atoms with Crippen molar-refractivity contribution in [3.05, 3.63) is 65.5 Å². The average Bonchev–Trinajstić information content (AvgIpc) is 2.39. The lowest BCUT2D eigenvalue weighted by molar-refractivity contribution is 0.305. The summed E-state index contributed by atoms with van der Waals surface area (Å²) in [6.45, 7) is 1.01. The summed E-state index contributed by atoms with van der Waals surface area (Å²) in [5.41, 5.74) is 7.67. The normalized spacial score (nSPS) is 9.67. The Morgan fingerprint density at radius 3 is 2.00 bits per heavy atom. The van der Waals surface area contributed by atoms with Crippen molar-refractivity contribution in [3.8, 4) is 5.75 Å². The third kappa shape index (κ3) is 4.02. The van der Waals surface area contributed by atoms with Gasteiger partial charge in [0.1, 0.15) is 18.2 Å². The second-order valence-electron chi connectivity index (χ2n) is 3.76. The van der Waals surface area contributed by atoms with Gasteiger partial charge in [0.25, 0.3) is 0 Å². The largest absolute Gasteiger partial charge is 0.489 e. The molecule has 0 heterocycles. The highest BCUT2D eigenvalue weighted by Crippen LogP contribution is 2.13. The van der Waals surface area contributed by atoms with Crippen molar-refractivity contribution in [2.75, 3.05) is 0 Å². The standard InChI is InChI=1S/C14H14FNO.ClH/c15-13-5-7-14(8-6-13)17-10-12-3-1-11(9-16)2-4-12;/h1-8H,9-10,16H2;1H. The Morgan fingerprint density at radius 1 is 0.889 bits per heavy atom. The van der Waals surface area contributed by atoms with E-state index in [1.807, 2.05) is 24.3 Å². The first kappa shape index (κ1) is 14.5. The Morgan fingerprint density at radius 2 is 1.44 bits per heavy atom. The molecule has 0 amide bonds. The maximum atomic E-state index is 12.7. The van der Waals surface area contributed by atoms with Gasteiger partial charge in [-0.3, -0.25) is 0 Å². The topological polar surface area (TPSA) is 35.2 Å². The Kier molecular flexibility index (Phi) is 5.62. The number of halogens is 2. The van der Waals surface area contributed by atoms with Gasteiger partial charge < -0.3 is 10.5 Å². The van der Waals surface area contributed by atoms with Crippen molar-refractivity contribution < 1.29 is 9.13 Å². The van der Waals surface area contributed by atoms with Gasteiger partial charge >= 0.3 is 0 Å². The van der Waals surface area contributed by atoms with Crippen LogP contribution in [0.5, 0.6) is 5.75 Å². The van der Waals surface area contributed by atoms with Crippen LogP contribution in [0.4, 0.5) is 4.39 Å². The molecule has 0 saturated carbocycles. The van der Waals surface area contributed by atoms with Crippen LogP contribution < -0.4 is 10.5 Å². The Labute approximate surface area is 112 Å². The van der Waals surface area contributed by atoms with Crippen LogP contribution >= 0.6 is 12.4 Å². The molecule has 0 fully saturated rings. The van der Waals surface area contributed by atoms with Crippen molar-refractivity contribution in [2.45, 2.75) is 13.2 Å². The van der Waals surface area contributed by atoms with E-state index in [-0.39, 0.29) is 18.2 Å². The van der Waals surface area contributed by atoms with E-state index in [1.165, 1.54) is 12.1 Å². The Bertz CT molecular complexity index is 470. The van der Waals surface area contributed by atoms with Crippen LogP contribution in [0.25, 0.3) is 0 Å². The predicted octanol–water partition coefficient (Wildman–Crippen LogP) is 3.29. The molecule has 18 heavy (non-hydrogen) atoms. The first-order valence-corrected chi connectivity index (χ1v) is 5.44. The third-order valence-electron chi connectivity index (χ3n) is 2.48. The summed E-state index contributed by atoms with van der Waals surface area (Å²) in [6.07, 6.45) is 0. The van der Waals surface area contributed by atoms with Crippen LogP contribution in [0.15, 0.2) is 48.5 Å². The second-order valence-corrected chi connectivity index (χ2v) is 3.76. The molecule has 0 spiro atoms. The summed E-state index contributed by atoms with van der Waals surface area (Å²) in [5.74, 6) is 0.402. The highest BCUT2D eigenvalue weighted by molar-refractivity contribution is 5.85. The van der Waals surface area contributed by atoms with Crippen molar-refractivity contribution in [2.24, 2.45) is 5.73 Å². The number of hydrogen-bond donors (Lipinski definition) is 1. The smallest absolute Gasteiger partial charge is 0.123 e. The lowest BCUT2D eigenvalue weighted by Gasteiger charge is -2.06. The highest BCUT2D eigenvalue weighted by atomic mass is 35.5. The van der Waals surface area contributed by atoms with Crippen LogP contribution in [0.2, 0.25) is 0 Å². The minimum absolute atomic E-state index is 0. The maximum absolute atomic E-state index is 12.7. The van der Waals surface area contributed by atoms with E-state index in [0.29, 0.717) is 18.9 Å². The summed E-state index contributed by atoms with van der Waals surface area (Å²) in [7, 11) is 0. The van der Waals surface area contributed by atoms with Crippen molar-refractivity contribution >= 4 is 12.4 Å². The zero-order chi connectivity index (χ0) is 12.1. The molecular weight excluding hydrogens is 253 g/mol. The van der Waals surface area contributed by atoms with Crippen LogP contribution in [0.3, 0.4) is 0 Å². The molecular formula is C14H15ClFNO. The lowest BCUT2D eigenvalue weighted by Crippen LogP contribution is -1.98. The Balaban J connectivity index is 0.00000162. The number of hydrogen-bond acceptors (Lipinski definition) is 2. The van der Waals surface area contributed by atoms with Crippen molar-refractivity contribution in [1.82, 2.24) is 0 Å². The molecule has 4 heteroatoms. The summed E-state index contributed by atoms with van der Waals surface area (Å²) >= 11 is 0. The number of nitrogens with two attached hydrogens (primary N) is 1. The molecule has 0 aromatic heterocycles. The Hall–Kier alpha value is -1.58. The third-order valence-corrected chi connectivity index (χ3v) is 2.48. The molecule has 0 aliphatic heterocycles. The second kappa shape index (κ2) is 6.99. The number of benzene rings is 2. The molecule has 0 bridgehead atoms. The molecule has 0 aliphatic carbocycles. The van der Waals surface area contributed by atoms with Gasteiger partial charge in [0.15, 0.2) is 0 Å². The van der Waals surface area contributed by atoms with E-state index in [2.05, 4.69) is 0 Å². The van der Waals surface area contributed by atoms with E-state index in [9.17, 15) is 4.39 Å². The molecule has 2 aromatic carbocycles. The van der Waals surface area contributed by atoms with Crippen molar-refractivity contribution in [1.29, 1.82) is 0 Å². The minimum Gasteiger partial charge on any atom is -0.489 e. The SMILES string of the molecule is Cl.NCc1ccc(COc2ccc(F)cc2)cc1. The summed E-state index contributed by atoms with van der Waals surface area (Å²) < 4.78 is 18.2. The van der Waals surface area contributed by atoms with Crippen LogP contribution in [0.1, 0.15) is 11.1 Å². The maximum Gasteiger partial charge on any atom is 0.123 e. The average molecular weight is 268 g/mol. The fourth-order valence-corrected chi connectivity index (χ4v) is 1.47. The monoisotopic (exact) mass is 267 g/mol. The van der Waals surface area contributed by atoms with Gasteiger partial charge in [0, 0.05) is 6.54 Å². The fraction of sp³-hybridized carbons (Fsp3) is 0.143. The zero-order valence-corrected chi connectivity index (χ0v) is 10.6. The van der Waals surface area contributed by atoms with Crippen LogP contribution in [0, 0.1) is 5.82 Å². The van der Waals surface area contributed by atoms with Gasteiger partial charge in [-0.15, -0.1) is 12.4 Å². The van der Waals surface area contributed by atoms with E-state index in [4.69, 9.17) is 10.5 Å². The fourth-order valence-electron chi connectivity index (χ4n) is 1.47. The summed E-state index contributed by atoms with van der Waals surface area (Å²) in [6, 6.07) is 13.9. The molecule has 0 atom stereocenters. The zero-order valence-electron chi connectivity index (χ0n) is 9.80. The first-order chi connectivity index (χ1) is 8.28. The minimum atomic E-state index is -0.260. The molecule has 0 unspecified atom stereocenters. The summed E-state index contributed by atoms with van der Waals surface area (Å²) in [4.78, 5) is 0. The number of ether oxygens (including phenoxy) is 1. The molecule has 2 N–H and O–H groups in total. The van der Waals surface area contributed by atoms with Gasteiger partial charge in [-0.1, -0.05) is 24.3 Å². The van der Waals surface area contributed by atoms with Gasteiger partial charge in [0.2, 0.25) is 0 Å². The number of rotatable bonds is 4. The molecule has 0 radical (unpaired) electrons. The molecule has 2 nitrogen and oxygen atoms in total. The molecule has 96 valence electrons. The summed E-state index contributed by atoms with van der Waals surface area (Å²) in [5, 5.41) is 0. The van der Waals surface area contributed by atoms with Gasteiger partial charge in [-0.05, 0) is 35.4 Å². The van der Waals surface area contributed by atoms with Gasteiger partial charge in [-0.25, -0.2) is 4.39 Å². The van der Waals surface area contributed by atoms with Crippen LogP contribution in [-0.4, -0.2) is 0 Å². The molecule has 2 aromatic rings. The molecule has 0 saturated heterocycles. The first-order valence-electron chi connectivity index (χ1n) is 5.44. The van der Waals surface area contributed by atoms with E-state index in [0.717, 1.165) is 11.1 Å². The van der Waals surface area contributed by atoms with Gasteiger partial charge in [-0.2, -0.15) is 0 Å². The van der Waals surface area contributed by atoms with E-state index in [1.54, 1.807) is 12.1 Å². The van der Waals surface area contributed by atoms with E-state index >= 15 is 0 Å². The highest BCUT2D eigenvalue weighted by Gasteiger charge is 1.97.